The molecule has 4 aromatic rings. The predicted molar refractivity (Wildman–Crippen MR) is 92.1 cm³/mol. The van der Waals surface area contributed by atoms with Crippen molar-refractivity contribution in [1.29, 1.82) is 0 Å². The van der Waals surface area contributed by atoms with Gasteiger partial charge in [0.05, 0.1) is 23.8 Å². The number of ether oxygens (including phenoxy) is 1. The molecule has 4 nitrogen and oxygen atoms in total. The molecule has 2 heterocycles. The average Bonchev–Trinajstić information content (AvgIpc) is 2.92. The minimum atomic E-state index is -0.112. The molecule has 0 unspecified atom stereocenters. The van der Waals surface area contributed by atoms with E-state index in [9.17, 15) is 0 Å². The molecule has 0 spiro atoms. The normalized spacial score (nSPS) is 11.8. The quantitative estimate of drug-likeness (QED) is 0.372. The molecule has 2 aromatic heterocycles. The number of para-hydroxylation sites is 2. The number of methoxy groups -OCH3 is 1. The van der Waals surface area contributed by atoms with Crippen molar-refractivity contribution in [3.8, 4) is 5.75 Å². The van der Waals surface area contributed by atoms with E-state index in [0.717, 1.165) is 39.2 Å². The van der Waals surface area contributed by atoms with Crippen LogP contribution in [0.4, 0.5) is 0 Å². The van der Waals surface area contributed by atoms with Crippen LogP contribution < -0.4 is 4.74 Å². The minimum Gasteiger partial charge on any atom is -0.540 e. The smallest absolute Gasteiger partial charge is 0.102 e. The Morgan fingerprint density at radius 2 is 1.83 bits per heavy atom. The van der Waals surface area contributed by atoms with E-state index in [1.807, 2.05) is 30.3 Å². The summed E-state index contributed by atoms with van der Waals surface area (Å²) in [5.74, 6) is 1.74. The molecule has 1 radical (unpaired) electrons. The van der Waals surface area contributed by atoms with Gasteiger partial charge in [0, 0.05) is 31.3 Å². The Labute approximate surface area is 154 Å². The van der Waals surface area contributed by atoms with E-state index in [4.69, 9.17) is 14.7 Å². The number of nitrogens with zero attached hydrogens (tertiary/aromatic N) is 3. The Hall–Kier alpha value is -1.97. The second kappa shape index (κ2) is 5.83. The van der Waals surface area contributed by atoms with Gasteiger partial charge in [-0.3, -0.25) is 9.97 Å². The van der Waals surface area contributed by atoms with Crippen LogP contribution in [0, 0.1) is 6.07 Å². The molecular formula is C19H18IrN3O-. The van der Waals surface area contributed by atoms with Crippen LogP contribution in [0.25, 0.3) is 27.6 Å². The van der Waals surface area contributed by atoms with Crippen LogP contribution in [0.2, 0.25) is 0 Å². The van der Waals surface area contributed by atoms with Gasteiger partial charge in [-0.15, -0.1) is 12.1 Å². The van der Waals surface area contributed by atoms with Crippen LogP contribution in [-0.4, -0.2) is 21.5 Å². The second-order valence-electron chi connectivity index (χ2n) is 6.74. The molecule has 0 bridgehead atoms. The summed E-state index contributed by atoms with van der Waals surface area (Å²) in [6, 6.07) is 15.2. The molecule has 0 saturated heterocycles. The van der Waals surface area contributed by atoms with Gasteiger partial charge in [0.1, 0.15) is 5.82 Å². The number of imidazole rings is 1. The number of rotatable bonds is 1. The van der Waals surface area contributed by atoms with Gasteiger partial charge in [-0.1, -0.05) is 44.4 Å². The average molecular weight is 497 g/mol. The molecule has 0 N–H and O–H groups in total. The molecule has 0 saturated carbocycles. The summed E-state index contributed by atoms with van der Waals surface area (Å²) in [6.07, 6.45) is 0. The zero-order chi connectivity index (χ0) is 16.2. The number of aromatic nitrogens is 3. The van der Waals surface area contributed by atoms with Crippen molar-refractivity contribution in [3.05, 3.63) is 48.3 Å². The van der Waals surface area contributed by atoms with E-state index >= 15 is 0 Å². The van der Waals surface area contributed by atoms with Crippen LogP contribution in [0.1, 0.15) is 26.6 Å². The van der Waals surface area contributed by atoms with Crippen molar-refractivity contribution in [3.63, 3.8) is 0 Å². The van der Waals surface area contributed by atoms with Crippen LogP contribution in [0.3, 0.4) is 0 Å². The Balaban J connectivity index is 0.00000169. The maximum Gasteiger partial charge on any atom is 0.102 e. The first-order valence-electron chi connectivity index (χ1n) is 7.66. The fraction of sp³-hybridized carbons (Fsp3) is 0.263. The number of hydrogen-bond donors (Lipinski definition) is 0. The molecular weight excluding hydrogens is 478 g/mol. The summed E-state index contributed by atoms with van der Waals surface area (Å²) < 4.78 is 7.47. The first-order valence-corrected chi connectivity index (χ1v) is 7.66. The van der Waals surface area contributed by atoms with Crippen molar-refractivity contribution < 1.29 is 24.8 Å². The SMILES string of the molecule is COc1c[c-]c2c(c1)nc(C(C)(C)C)n1c3ccccc3nc21.[Ir]. The van der Waals surface area contributed by atoms with Crippen molar-refractivity contribution in [2.24, 2.45) is 0 Å². The van der Waals surface area contributed by atoms with Crippen LogP contribution >= 0.6 is 0 Å². The van der Waals surface area contributed by atoms with Gasteiger partial charge in [0.15, 0.2) is 0 Å². The maximum absolute atomic E-state index is 5.32. The third-order valence-electron chi connectivity index (χ3n) is 4.02. The Bertz CT molecular complexity index is 1050. The summed E-state index contributed by atoms with van der Waals surface area (Å²) in [7, 11) is 1.65. The van der Waals surface area contributed by atoms with E-state index in [-0.39, 0.29) is 25.5 Å². The predicted octanol–water partition coefficient (Wildman–Crippen LogP) is 4.14. The third kappa shape index (κ3) is 2.48. The zero-order valence-electron chi connectivity index (χ0n) is 14.0. The molecule has 4 rings (SSSR count). The Morgan fingerprint density at radius 1 is 1.08 bits per heavy atom. The summed E-state index contributed by atoms with van der Waals surface area (Å²) in [5, 5.41) is 0.912. The first kappa shape index (κ1) is 16.9. The van der Waals surface area contributed by atoms with E-state index < -0.39 is 0 Å². The monoisotopic (exact) mass is 497 g/mol. The van der Waals surface area contributed by atoms with Crippen LogP contribution in [0.5, 0.6) is 5.75 Å². The zero-order valence-corrected chi connectivity index (χ0v) is 16.4. The van der Waals surface area contributed by atoms with Gasteiger partial charge in [0.2, 0.25) is 0 Å². The molecule has 0 aliphatic heterocycles. The van der Waals surface area contributed by atoms with E-state index in [1.165, 1.54) is 0 Å². The Morgan fingerprint density at radius 3 is 2.54 bits per heavy atom. The Kier molecular flexibility index (Phi) is 4.10. The van der Waals surface area contributed by atoms with Gasteiger partial charge < -0.3 is 9.14 Å². The second-order valence-corrected chi connectivity index (χ2v) is 6.74. The van der Waals surface area contributed by atoms with Gasteiger partial charge in [-0.2, -0.15) is 0 Å². The molecule has 0 amide bonds. The molecule has 0 aliphatic rings. The van der Waals surface area contributed by atoms with Crippen LogP contribution in [-0.2, 0) is 25.5 Å². The number of fused-ring (bicyclic) bond motifs is 5. The summed E-state index contributed by atoms with van der Waals surface area (Å²) in [6.45, 7) is 6.50. The van der Waals surface area contributed by atoms with E-state index in [2.05, 4.69) is 37.3 Å². The maximum atomic E-state index is 5.32. The molecule has 0 atom stereocenters. The summed E-state index contributed by atoms with van der Waals surface area (Å²) >= 11 is 0. The molecule has 5 heteroatoms. The topological polar surface area (TPSA) is 39.4 Å². The van der Waals surface area contributed by atoms with Crippen molar-refractivity contribution in [2.45, 2.75) is 26.2 Å². The largest absolute Gasteiger partial charge is 0.540 e. The first-order chi connectivity index (χ1) is 11.0. The molecule has 0 fully saturated rings. The van der Waals surface area contributed by atoms with Gasteiger partial charge in [-0.05, 0) is 17.6 Å². The minimum absolute atomic E-state index is 0. The van der Waals surface area contributed by atoms with E-state index in [1.54, 1.807) is 7.11 Å². The van der Waals surface area contributed by atoms with E-state index in [0.29, 0.717) is 0 Å². The molecule has 24 heavy (non-hydrogen) atoms. The molecule has 2 aromatic carbocycles. The molecule has 0 aliphatic carbocycles. The fourth-order valence-corrected chi connectivity index (χ4v) is 2.93. The van der Waals surface area contributed by atoms with Gasteiger partial charge >= 0.3 is 0 Å². The third-order valence-corrected chi connectivity index (χ3v) is 4.02. The van der Waals surface area contributed by atoms with Crippen molar-refractivity contribution in [2.75, 3.05) is 7.11 Å². The van der Waals surface area contributed by atoms with Gasteiger partial charge in [0.25, 0.3) is 0 Å². The summed E-state index contributed by atoms with van der Waals surface area (Å²) in [4.78, 5) is 9.74. The standard InChI is InChI=1S/C19H18N3O.Ir/c1-19(2,3)18-21-15-11-12(23-4)9-10-13(15)17-20-14-7-5-6-8-16(14)22(17)18;/h5-9,11H,1-4H3;/q-1;. The van der Waals surface area contributed by atoms with Crippen molar-refractivity contribution in [1.82, 2.24) is 14.4 Å². The fourth-order valence-electron chi connectivity index (χ4n) is 2.93. The molecule has 125 valence electrons. The number of hydrogen-bond acceptors (Lipinski definition) is 3. The van der Waals surface area contributed by atoms with Crippen LogP contribution in [0.15, 0.2) is 36.4 Å². The van der Waals surface area contributed by atoms with Gasteiger partial charge in [-0.25, -0.2) is 0 Å². The summed E-state index contributed by atoms with van der Waals surface area (Å²) in [5.41, 5.74) is 3.68. The number of benzene rings is 2. The van der Waals surface area contributed by atoms with Crippen molar-refractivity contribution >= 4 is 27.6 Å².